The van der Waals surface area contributed by atoms with Crippen molar-refractivity contribution in [2.75, 3.05) is 7.05 Å². The molecule has 0 aliphatic carbocycles. The maximum absolute atomic E-state index is 6.34. The SMILES string of the molecule is CCC(N)C(c1ccc(C)s1)N(C)Cc1cscn1. The van der Waals surface area contributed by atoms with Crippen molar-refractivity contribution < 1.29 is 0 Å². The molecule has 2 N–H and O–H groups in total. The maximum Gasteiger partial charge on any atom is 0.0795 e. The van der Waals surface area contributed by atoms with Crippen molar-refractivity contribution in [2.24, 2.45) is 5.73 Å². The predicted octanol–water partition coefficient (Wildman–Crippen LogP) is 3.42. The lowest BCUT2D eigenvalue weighted by Gasteiger charge is -2.31. The number of aromatic nitrogens is 1. The third-order valence-electron chi connectivity index (χ3n) is 3.30. The maximum atomic E-state index is 6.34. The van der Waals surface area contributed by atoms with Gasteiger partial charge in [-0.25, -0.2) is 4.98 Å². The van der Waals surface area contributed by atoms with Crippen molar-refractivity contribution in [3.05, 3.63) is 38.5 Å². The van der Waals surface area contributed by atoms with Crippen LogP contribution in [-0.4, -0.2) is 23.0 Å². The van der Waals surface area contributed by atoms with Crippen LogP contribution in [0.5, 0.6) is 0 Å². The molecule has 0 amide bonds. The summed E-state index contributed by atoms with van der Waals surface area (Å²) in [4.78, 5) is 9.37. The predicted molar refractivity (Wildman–Crippen MR) is 83.6 cm³/mol. The summed E-state index contributed by atoms with van der Waals surface area (Å²) >= 11 is 3.48. The minimum absolute atomic E-state index is 0.154. The van der Waals surface area contributed by atoms with E-state index in [0.29, 0.717) is 0 Å². The van der Waals surface area contributed by atoms with Gasteiger partial charge in [0.15, 0.2) is 0 Å². The van der Waals surface area contributed by atoms with Gasteiger partial charge in [0.25, 0.3) is 0 Å². The molecule has 0 radical (unpaired) electrons. The lowest BCUT2D eigenvalue weighted by molar-refractivity contribution is 0.203. The summed E-state index contributed by atoms with van der Waals surface area (Å²) in [5, 5.41) is 2.10. The second-order valence-corrected chi connectivity index (χ2v) is 6.90. The van der Waals surface area contributed by atoms with Gasteiger partial charge in [0.1, 0.15) is 0 Å². The van der Waals surface area contributed by atoms with Crippen molar-refractivity contribution in [3.8, 4) is 0 Å². The van der Waals surface area contributed by atoms with Crippen molar-refractivity contribution in [1.82, 2.24) is 9.88 Å². The van der Waals surface area contributed by atoms with Crippen molar-refractivity contribution in [3.63, 3.8) is 0 Å². The van der Waals surface area contributed by atoms with E-state index in [1.807, 2.05) is 16.8 Å². The second-order valence-electron chi connectivity index (χ2n) is 4.86. The Labute approximate surface area is 123 Å². The van der Waals surface area contributed by atoms with Crippen LogP contribution >= 0.6 is 22.7 Å². The van der Waals surface area contributed by atoms with Gasteiger partial charge < -0.3 is 5.73 Å². The normalized spacial score (nSPS) is 14.8. The first-order chi connectivity index (χ1) is 9.11. The number of hydrogen-bond acceptors (Lipinski definition) is 5. The largest absolute Gasteiger partial charge is 0.326 e. The molecule has 0 aliphatic rings. The Morgan fingerprint density at radius 1 is 1.42 bits per heavy atom. The van der Waals surface area contributed by atoms with Crippen LogP contribution in [0, 0.1) is 6.92 Å². The van der Waals surface area contributed by atoms with Crippen LogP contribution < -0.4 is 5.73 Å². The summed E-state index contributed by atoms with van der Waals surface area (Å²) in [6.07, 6.45) is 0.975. The molecule has 2 rings (SSSR count). The smallest absolute Gasteiger partial charge is 0.0795 e. The summed E-state index contributed by atoms with van der Waals surface area (Å²) in [5.74, 6) is 0. The minimum atomic E-state index is 0.154. The third-order valence-corrected chi connectivity index (χ3v) is 5.01. The number of thiazole rings is 1. The van der Waals surface area contributed by atoms with E-state index >= 15 is 0 Å². The van der Waals surface area contributed by atoms with Crippen LogP contribution in [0.25, 0.3) is 0 Å². The zero-order valence-corrected chi connectivity index (χ0v) is 13.3. The van der Waals surface area contributed by atoms with E-state index in [1.165, 1.54) is 9.75 Å². The van der Waals surface area contributed by atoms with E-state index in [0.717, 1.165) is 18.7 Å². The van der Waals surface area contributed by atoms with Crippen molar-refractivity contribution >= 4 is 22.7 Å². The summed E-state index contributed by atoms with van der Waals surface area (Å²) in [6.45, 7) is 5.14. The molecule has 2 unspecified atom stereocenters. The number of thiophene rings is 1. The van der Waals surface area contributed by atoms with E-state index in [4.69, 9.17) is 5.73 Å². The van der Waals surface area contributed by atoms with Crippen LogP contribution in [0.15, 0.2) is 23.0 Å². The molecule has 0 saturated carbocycles. The molecule has 104 valence electrons. The summed E-state index contributed by atoms with van der Waals surface area (Å²) < 4.78 is 0. The van der Waals surface area contributed by atoms with Gasteiger partial charge in [0, 0.05) is 27.7 Å². The highest BCUT2D eigenvalue weighted by molar-refractivity contribution is 7.12. The van der Waals surface area contributed by atoms with Crippen LogP contribution in [-0.2, 0) is 6.54 Å². The van der Waals surface area contributed by atoms with Gasteiger partial charge >= 0.3 is 0 Å². The Morgan fingerprint density at radius 2 is 2.21 bits per heavy atom. The molecule has 0 spiro atoms. The molecule has 19 heavy (non-hydrogen) atoms. The van der Waals surface area contributed by atoms with E-state index in [1.54, 1.807) is 11.3 Å². The summed E-state index contributed by atoms with van der Waals surface area (Å²) in [7, 11) is 2.13. The fourth-order valence-electron chi connectivity index (χ4n) is 2.26. The van der Waals surface area contributed by atoms with Gasteiger partial charge in [-0.3, -0.25) is 4.90 Å². The number of likely N-dealkylation sites (N-methyl/N-ethyl adjacent to an activating group) is 1. The molecular weight excluding hydrogens is 274 g/mol. The number of nitrogens with zero attached hydrogens (tertiary/aromatic N) is 2. The van der Waals surface area contributed by atoms with Gasteiger partial charge in [-0.15, -0.1) is 22.7 Å². The molecule has 0 aliphatic heterocycles. The number of hydrogen-bond donors (Lipinski definition) is 1. The fraction of sp³-hybridized carbons (Fsp3) is 0.500. The second kappa shape index (κ2) is 6.61. The Kier molecular flexibility index (Phi) is 5.10. The van der Waals surface area contributed by atoms with E-state index in [9.17, 15) is 0 Å². The molecule has 0 aromatic carbocycles. The van der Waals surface area contributed by atoms with Gasteiger partial charge in [-0.2, -0.15) is 0 Å². The highest BCUT2D eigenvalue weighted by atomic mass is 32.1. The Hall–Kier alpha value is -0.750. The number of aryl methyl sites for hydroxylation is 1. The van der Waals surface area contributed by atoms with Crippen LogP contribution in [0.3, 0.4) is 0 Å². The molecule has 3 nitrogen and oxygen atoms in total. The molecule has 2 aromatic rings. The lowest BCUT2D eigenvalue weighted by atomic mass is 10.0. The fourth-order valence-corrected chi connectivity index (χ4v) is 3.93. The van der Waals surface area contributed by atoms with E-state index in [-0.39, 0.29) is 12.1 Å². The Bertz CT molecular complexity index is 493. The van der Waals surface area contributed by atoms with Gasteiger partial charge in [-0.1, -0.05) is 6.92 Å². The number of rotatable bonds is 6. The van der Waals surface area contributed by atoms with Gasteiger partial charge in [0.05, 0.1) is 17.2 Å². The average molecular weight is 295 g/mol. The first-order valence-electron chi connectivity index (χ1n) is 6.51. The first kappa shape index (κ1) is 14.7. The first-order valence-corrected chi connectivity index (χ1v) is 8.27. The summed E-state index contributed by atoms with van der Waals surface area (Å²) in [5.41, 5.74) is 9.34. The van der Waals surface area contributed by atoms with Crippen LogP contribution in [0.4, 0.5) is 0 Å². The minimum Gasteiger partial charge on any atom is -0.326 e. The van der Waals surface area contributed by atoms with Crippen LogP contribution in [0.2, 0.25) is 0 Å². The third kappa shape index (κ3) is 3.63. The quantitative estimate of drug-likeness (QED) is 0.888. The van der Waals surface area contributed by atoms with Crippen molar-refractivity contribution in [2.45, 2.75) is 38.9 Å². The monoisotopic (exact) mass is 295 g/mol. The topological polar surface area (TPSA) is 42.1 Å². The molecule has 0 saturated heterocycles. The standard InChI is InChI=1S/C14H21N3S2/c1-4-12(15)14(13-6-5-10(2)19-13)17(3)7-11-8-18-9-16-11/h5-6,8-9,12,14H,4,7,15H2,1-3H3. The van der Waals surface area contributed by atoms with Crippen molar-refractivity contribution in [1.29, 1.82) is 0 Å². The molecule has 2 aromatic heterocycles. The molecule has 2 heterocycles. The molecule has 0 fully saturated rings. The van der Waals surface area contributed by atoms with Crippen LogP contribution in [0.1, 0.15) is 34.8 Å². The molecule has 2 atom stereocenters. The zero-order chi connectivity index (χ0) is 13.8. The van der Waals surface area contributed by atoms with Gasteiger partial charge in [0.2, 0.25) is 0 Å². The molecule has 5 heteroatoms. The number of nitrogens with two attached hydrogens (primary N) is 1. The summed E-state index contributed by atoms with van der Waals surface area (Å²) in [6, 6.07) is 4.80. The highest BCUT2D eigenvalue weighted by Gasteiger charge is 2.24. The molecular formula is C14H21N3S2. The lowest BCUT2D eigenvalue weighted by Crippen LogP contribution is -2.38. The van der Waals surface area contributed by atoms with E-state index < -0.39 is 0 Å². The zero-order valence-electron chi connectivity index (χ0n) is 11.7. The van der Waals surface area contributed by atoms with Gasteiger partial charge in [-0.05, 0) is 32.5 Å². The highest BCUT2D eigenvalue weighted by Crippen LogP contribution is 2.30. The Balaban J connectivity index is 2.17. The van der Waals surface area contributed by atoms with E-state index in [2.05, 4.69) is 48.3 Å². The average Bonchev–Trinajstić information content (AvgIpc) is 3.01. The molecule has 0 bridgehead atoms. The Morgan fingerprint density at radius 3 is 2.74 bits per heavy atom.